The molecule has 9 heteroatoms. The zero-order chi connectivity index (χ0) is 16.3. The fourth-order valence-corrected chi connectivity index (χ4v) is 3.64. The zero-order valence-corrected chi connectivity index (χ0v) is 12.8. The molecule has 0 bridgehead atoms. The highest BCUT2D eigenvalue weighted by Gasteiger charge is 2.28. The summed E-state index contributed by atoms with van der Waals surface area (Å²) in [5.74, 6) is 0.244. The average molecular weight is 329 g/mol. The second-order valence-electron chi connectivity index (χ2n) is 5.44. The SMILES string of the molecule is NS(=O)(=O)c1cc([N+](=O)[O-])ccc1NC1CCCC1CCO. The standard InChI is InChI=1S/C13H19N3O5S/c14-22(20,21)13-8-10(16(18)19)4-5-12(13)15-11-3-1-2-9(11)6-7-17/h4-5,8-9,11,15,17H,1-3,6-7H2,(H2,14,20,21). The van der Waals surface area contributed by atoms with Gasteiger partial charge in [-0.25, -0.2) is 13.6 Å². The van der Waals surface area contributed by atoms with Crippen LogP contribution in [0.3, 0.4) is 0 Å². The van der Waals surface area contributed by atoms with Gasteiger partial charge in [-0.05, 0) is 31.2 Å². The first-order valence-corrected chi connectivity index (χ1v) is 8.56. The molecule has 1 fully saturated rings. The van der Waals surface area contributed by atoms with Crippen LogP contribution in [0.1, 0.15) is 25.7 Å². The Morgan fingerprint density at radius 2 is 2.14 bits per heavy atom. The summed E-state index contributed by atoms with van der Waals surface area (Å²) in [6.45, 7) is 0.0746. The van der Waals surface area contributed by atoms with E-state index in [1.165, 1.54) is 12.1 Å². The van der Waals surface area contributed by atoms with Gasteiger partial charge in [-0.1, -0.05) is 6.42 Å². The van der Waals surface area contributed by atoms with Crippen molar-refractivity contribution in [3.63, 3.8) is 0 Å². The summed E-state index contributed by atoms with van der Waals surface area (Å²) in [6.07, 6.45) is 3.43. The molecule has 0 heterocycles. The second-order valence-corrected chi connectivity index (χ2v) is 6.97. The lowest BCUT2D eigenvalue weighted by atomic mass is 10.00. The van der Waals surface area contributed by atoms with Crippen LogP contribution in [0.2, 0.25) is 0 Å². The minimum absolute atomic E-state index is 0.0223. The molecule has 0 amide bonds. The Balaban J connectivity index is 2.32. The maximum Gasteiger partial charge on any atom is 0.270 e. The molecule has 0 saturated heterocycles. The number of primary sulfonamides is 1. The molecule has 0 spiro atoms. The van der Waals surface area contributed by atoms with Gasteiger partial charge in [0.05, 0.1) is 10.6 Å². The Labute approximate surface area is 128 Å². The van der Waals surface area contributed by atoms with Gasteiger partial charge in [0, 0.05) is 24.8 Å². The van der Waals surface area contributed by atoms with Crippen LogP contribution in [0.15, 0.2) is 23.1 Å². The van der Waals surface area contributed by atoms with E-state index >= 15 is 0 Å². The van der Waals surface area contributed by atoms with E-state index in [9.17, 15) is 18.5 Å². The Bertz CT molecular complexity index is 662. The minimum atomic E-state index is -4.08. The Kier molecular flexibility index (Phi) is 4.99. The molecule has 1 aliphatic rings. The third-order valence-electron chi connectivity index (χ3n) is 3.98. The van der Waals surface area contributed by atoms with Gasteiger partial charge in [0.1, 0.15) is 4.90 Å². The number of rotatable bonds is 6. The molecule has 1 aliphatic carbocycles. The van der Waals surface area contributed by atoms with Crippen LogP contribution in [0.25, 0.3) is 0 Å². The van der Waals surface area contributed by atoms with Crippen molar-refractivity contribution in [3.05, 3.63) is 28.3 Å². The van der Waals surface area contributed by atoms with Gasteiger partial charge in [0.25, 0.3) is 5.69 Å². The Hall–Kier alpha value is -1.71. The van der Waals surface area contributed by atoms with Crippen molar-refractivity contribution < 1.29 is 18.4 Å². The molecule has 2 unspecified atom stereocenters. The summed E-state index contributed by atoms with van der Waals surface area (Å²) in [5, 5.41) is 28.2. The second kappa shape index (κ2) is 6.59. The molecule has 122 valence electrons. The van der Waals surface area contributed by atoms with Crippen molar-refractivity contribution in [3.8, 4) is 0 Å². The normalized spacial score (nSPS) is 21.7. The quantitative estimate of drug-likeness (QED) is 0.530. The molecule has 1 saturated carbocycles. The molecule has 8 nitrogen and oxygen atoms in total. The van der Waals surface area contributed by atoms with Crippen LogP contribution in [0, 0.1) is 16.0 Å². The third kappa shape index (κ3) is 3.73. The smallest absolute Gasteiger partial charge is 0.270 e. The monoisotopic (exact) mass is 329 g/mol. The summed E-state index contributed by atoms with van der Waals surface area (Å²) in [7, 11) is -4.08. The predicted octanol–water partition coefficient (Wildman–Crippen LogP) is 1.21. The lowest BCUT2D eigenvalue weighted by Gasteiger charge is -2.22. The molecule has 0 aromatic heterocycles. The van der Waals surface area contributed by atoms with E-state index in [1.807, 2.05) is 0 Å². The van der Waals surface area contributed by atoms with Crippen molar-refractivity contribution in [2.75, 3.05) is 11.9 Å². The van der Waals surface area contributed by atoms with Crippen LogP contribution in [0.4, 0.5) is 11.4 Å². The van der Waals surface area contributed by atoms with Crippen LogP contribution in [-0.2, 0) is 10.0 Å². The number of nitrogens with two attached hydrogens (primary N) is 1. The van der Waals surface area contributed by atoms with Crippen molar-refractivity contribution >= 4 is 21.4 Å². The fraction of sp³-hybridized carbons (Fsp3) is 0.538. The number of nitro benzene ring substituents is 1. The first-order valence-electron chi connectivity index (χ1n) is 7.01. The van der Waals surface area contributed by atoms with Crippen LogP contribution in [-0.4, -0.2) is 31.1 Å². The number of aliphatic hydroxyl groups excluding tert-OH is 1. The summed E-state index contributed by atoms with van der Waals surface area (Å²) < 4.78 is 23.4. The molecular weight excluding hydrogens is 310 g/mol. The summed E-state index contributed by atoms with van der Waals surface area (Å²) in [6, 6.07) is 3.60. The van der Waals surface area contributed by atoms with Gasteiger partial charge in [-0.15, -0.1) is 0 Å². The molecule has 1 aromatic carbocycles. The van der Waals surface area contributed by atoms with Gasteiger partial charge in [-0.3, -0.25) is 10.1 Å². The fourth-order valence-electron chi connectivity index (χ4n) is 2.92. The Morgan fingerprint density at radius 1 is 1.41 bits per heavy atom. The highest BCUT2D eigenvalue weighted by Crippen LogP contribution is 2.33. The number of benzene rings is 1. The summed E-state index contributed by atoms with van der Waals surface area (Å²) in [4.78, 5) is 9.85. The summed E-state index contributed by atoms with van der Waals surface area (Å²) in [5.41, 5.74) is -0.0594. The number of anilines is 1. The third-order valence-corrected chi connectivity index (χ3v) is 4.93. The predicted molar refractivity (Wildman–Crippen MR) is 80.9 cm³/mol. The molecule has 4 N–H and O–H groups in total. The van der Waals surface area contributed by atoms with Crippen molar-refractivity contribution in [2.24, 2.45) is 11.1 Å². The van der Waals surface area contributed by atoms with E-state index in [0.29, 0.717) is 6.42 Å². The van der Waals surface area contributed by atoms with E-state index in [-0.39, 0.29) is 34.8 Å². The molecule has 1 aromatic rings. The number of sulfonamides is 1. The van der Waals surface area contributed by atoms with Crippen LogP contribution >= 0.6 is 0 Å². The van der Waals surface area contributed by atoms with Crippen molar-refractivity contribution in [1.82, 2.24) is 0 Å². The van der Waals surface area contributed by atoms with Gasteiger partial charge >= 0.3 is 0 Å². The first kappa shape index (κ1) is 16.7. The molecule has 0 radical (unpaired) electrons. The van der Waals surface area contributed by atoms with Gasteiger partial charge < -0.3 is 10.4 Å². The van der Waals surface area contributed by atoms with Crippen LogP contribution in [0.5, 0.6) is 0 Å². The van der Waals surface area contributed by atoms with Gasteiger partial charge in [-0.2, -0.15) is 0 Å². The van der Waals surface area contributed by atoms with Gasteiger partial charge in [0.2, 0.25) is 10.0 Å². The maximum atomic E-state index is 11.7. The Morgan fingerprint density at radius 3 is 2.73 bits per heavy atom. The maximum absolute atomic E-state index is 11.7. The topological polar surface area (TPSA) is 136 Å². The van der Waals surface area contributed by atoms with Crippen LogP contribution < -0.4 is 10.5 Å². The number of nitro groups is 1. The van der Waals surface area contributed by atoms with E-state index in [2.05, 4.69) is 5.32 Å². The number of hydrogen-bond donors (Lipinski definition) is 3. The van der Waals surface area contributed by atoms with Crippen molar-refractivity contribution in [2.45, 2.75) is 36.6 Å². The number of aliphatic hydroxyl groups is 1. The summed E-state index contributed by atoms with van der Waals surface area (Å²) >= 11 is 0. The highest BCUT2D eigenvalue weighted by molar-refractivity contribution is 7.89. The van der Waals surface area contributed by atoms with Crippen molar-refractivity contribution in [1.29, 1.82) is 0 Å². The van der Waals surface area contributed by atoms with E-state index in [0.717, 1.165) is 25.3 Å². The number of hydrogen-bond acceptors (Lipinski definition) is 6. The largest absolute Gasteiger partial charge is 0.396 e. The van der Waals surface area contributed by atoms with E-state index < -0.39 is 14.9 Å². The molecular formula is C13H19N3O5S. The number of nitrogens with one attached hydrogen (secondary N) is 1. The number of non-ortho nitro benzene ring substituents is 1. The minimum Gasteiger partial charge on any atom is -0.396 e. The van der Waals surface area contributed by atoms with E-state index in [4.69, 9.17) is 10.2 Å². The lowest BCUT2D eigenvalue weighted by molar-refractivity contribution is -0.385. The zero-order valence-electron chi connectivity index (χ0n) is 11.9. The first-order chi connectivity index (χ1) is 10.3. The lowest BCUT2D eigenvalue weighted by Crippen LogP contribution is -2.26. The average Bonchev–Trinajstić information content (AvgIpc) is 2.85. The molecule has 2 atom stereocenters. The number of nitrogens with zero attached hydrogens (tertiary/aromatic N) is 1. The molecule has 22 heavy (non-hydrogen) atoms. The van der Waals surface area contributed by atoms with E-state index in [1.54, 1.807) is 0 Å². The highest BCUT2D eigenvalue weighted by atomic mass is 32.2. The van der Waals surface area contributed by atoms with Gasteiger partial charge in [0.15, 0.2) is 0 Å². The molecule has 2 rings (SSSR count). The molecule has 0 aliphatic heterocycles.